The van der Waals surface area contributed by atoms with Crippen LogP contribution in [0.4, 0.5) is 5.95 Å². The SMILES string of the molecule is CCCNc1ncc(C)c(OCCOC(C)(C)C)n1. The van der Waals surface area contributed by atoms with E-state index in [1.165, 1.54) is 0 Å². The summed E-state index contributed by atoms with van der Waals surface area (Å²) < 4.78 is 11.2. The van der Waals surface area contributed by atoms with Crippen LogP contribution in [0.2, 0.25) is 0 Å². The van der Waals surface area contributed by atoms with E-state index in [1.54, 1.807) is 6.20 Å². The number of hydrogen-bond donors (Lipinski definition) is 1. The van der Waals surface area contributed by atoms with Crippen molar-refractivity contribution in [2.75, 3.05) is 25.1 Å². The molecule has 0 saturated heterocycles. The lowest BCUT2D eigenvalue weighted by Gasteiger charge is -2.19. The number of hydrogen-bond acceptors (Lipinski definition) is 5. The minimum absolute atomic E-state index is 0.141. The van der Waals surface area contributed by atoms with Crippen LogP contribution >= 0.6 is 0 Å². The number of rotatable bonds is 7. The molecule has 0 radical (unpaired) electrons. The van der Waals surface area contributed by atoms with Crippen LogP contribution in [0.15, 0.2) is 6.20 Å². The first-order valence-electron chi connectivity index (χ1n) is 6.76. The summed E-state index contributed by atoms with van der Waals surface area (Å²) in [5.74, 6) is 1.23. The van der Waals surface area contributed by atoms with Crippen molar-refractivity contribution in [3.05, 3.63) is 11.8 Å². The number of nitrogens with one attached hydrogen (secondary N) is 1. The van der Waals surface area contributed by atoms with Crippen molar-refractivity contribution in [1.82, 2.24) is 9.97 Å². The third-order valence-electron chi connectivity index (χ3n) is 2.32. The molecule has 5 heteroatoms. The standard InChI is InChI=1S/C14H25N3O2/c1-6-7-15-13-16-10-11(2)12(17-13)18-8-9-19-14(3,4)5/h10H,6-9H2,1-5H3,(H,15,16,17). The first-order valence-corrected chi connectivity index (χ1v) is 6.76. The Labute approximate surface area is 115 Å². The van der Waals surface area contributed by atoms with Gasteiger partial charge in [0.05, 0.1) is 12.2 Å². The monoisotopic (exact) mass is 267 g/mol. The molecule has 0 aliphatic heterocycles. The Morgan fingerprint density at radius 3 is 2.63 bits per heavy atom. The minimum atomic E-state index is -0.141. The van der Waals surface area contributed by atoms with Gasteiger partial charge in [-0.3, -0.25) is 0 Å². The van der Waals surface area contributed by atoms with Gasteiger partial charge in [-0.05, 0) is 34.1 Å². The fourth-order valence-corrected chi connectivity index (χ4v) is 1.38. The average Bonchev–Trinajstić information content (AvgIpc) is 2.33. The minimum Gasteiger partial charge on any atom is -0.475 e. The Bertz CT molecular complexity index is 389. The lowest BCUT2D eigenvalue weighted by atomic mass is 10.2. The van der Waals surface area contributed by atoms with Crippen molar-refractivity contribution >= 4 is 5.95 Å². The number of nitrogens with zero attached hydrogens (tertiary/aromatic N) is 2. The van der Waals surface area contributed by atoms with E-state index in [0.29, 0.717) is 25.0 Å². The van der Waals surface area contributed by atoms with Gasteiger partial charge in [0, 0.05) is 18.3 Å². The molecule has 0 unspecified atom stereocenters. The van der Waals surface area contributed by atoms with E-state index in [2.05, 4.69) is 22.2 Å². The summed E-state index contributed by atoms with van der Waals surface area (Å²) in [4.78, 5) is 8.55. The van der Waals surface area contributed by atoms with Crippen LogP contribution in [0.3, 0.4) is 0 Å². The van der Waals surface area contributed by atoms with Crippen LogP contribution < -0.4 is 10.1 Å². The van der Waals surface area contributed by atoms with Gasteiger partial charge >= 0.3 is 0 Å². The second kappa shape index (κ2) is 7.28. The highest BCUT2D eigenvalue weighted by molar-refractivity contribution is 5.32. The van der Waals surface area contributed by atoms with E-state index in [-0.39, 0.29) is 5.60 Å². The Kier molecular flexibility index (Phi) is 6.02. The molecular formula is C14H25N3O2. The van der Waals surface area contributed by atoms with Gasteiger partial charge in [0.1, 0.15) is 6.61 Å². The Balaban J connectivity index is 2.47. The molecular weight excluding hydrogens is 242 g/mol. The highest BCUT2D eigenvalue weighted by Gasteiger charge is 2.10. The third-order valence-corrected chi connectivity index (χ3v) is 2.32. The van der Waals surface area contributed by atoms with Crippen LogP contribution in [0.1, 0.15) is 39.7 Å². The van der Waals surface area contributed by atoms with Crippen molar-refractivity contribution in [2.24, 2.45) is 0 Å². The number of aromatic nitrogens is 2. The van der Waals surface area contributed by atoms with Crippen LogP contribution in [0.25, 0.3) is 0 Å². The number of aryl methyl sites for hydroxylation is 1. The molecule has 19 heavy (non-hydrogen) atoms. The van der Waals surface area contributed by atoms with Crippen LogP contribution in [-0.4, -0.2) is 35.3 Å². The fourth-order valence-electron chi connectivity index (χ4n) is 1.38. The van der Waals surface area contributed by atoms with Crippen LogP contribution in [-0.2, 0) is 4.74 Å². The van der Waals surface area contributed by atoms with E-state index in [0.717, 1.165) is 18.5 Å². The molecule has 0 aromatic carbocycles. The zero-order valence-corrected chi connectivity index (χ0v) is 12.6. The molecule has 0 amide bonds. The van der Waals surface area contributed by atoms with Gasteiger partial charge < -0.3 is 14.8 Å². The summed E-state index contributed by atoms with van der Waals surface area (Å²) in [6.45, 7) is 12.0. The lowest BCUT2D eigenvalue weighted by molar-refractivity contribution is -0.0168. The Morgan fingerprint density at radius 2 is 2.00 bits per heavy atom. The Hall–Kier alpha value is -1.36. The molecule has 0 aliphatic rings. The quantitative estimate of drug-likeness (QED) is 0.770. The lowest BCUT2D eigenvalue weighted by Crippen LogP contribution is -2.22. The molecule has 108 valence electrons. The van der Waals surface area contributed by atoms with E-state index >= 15 is 0 Å². The van der Waals surface area contributed by atoms with Gasteiger partial charge in [-0.2, -0.15) is 4.98 Å². The molecule has 0 atom stereocenters. The summed E-state index contributed by atoms with van der Waals surface area (Å²) in [6.07, 6.45) is 2.80. The highest BCUT2D eigenvalue weighted by atomic mass is 16.5. The first kappa shape index (κ1) is 15.7. The molecule has 1 rings (SSSR count). The molecule has 1 N–H and O–H groups in total. The molecule has 1 heterocycles. The van der Waals surface area contributed by atoms with Crippen molar-refractivity contribution in [3.8, 4) is 5.88 Å². The van der Waals surface area contributed by atoms with E-state index < -0.39 is 0 Å². The summed E-state index contributed by atoms with van der Waals surface area (Å²) in [5.41, 5.74) is 0.788. The molecule has 1 aromatic heterocycles. The summed E-state index contributed by atoms with van der Waals surface area (Å²) >= 11 is 0. The topological polar surface area (TPSA) is 56.3 Å². The highest BCUT2D eigenvalue weighted by Crippen LogP contribution is 2.15. The molecule has 0 aliphatic carbocycles. The average molecular weight is 267 g/mol. The van der Waals surface area contributed by atoms with Crippen molar-refractivity contribution in [1.29, 1.82) is 0 Å². The van der Waals surface area contributed by atoms with Crippen LogP contribution in [0, 0.1) is 6.92 Å². The van der Waals surface area contributed by atoms with Gasteiger partial charge in [-0.15, -0.1) is 0 Å². The predicted octanol–water partition coefficient (Wildman–Crippen LogP) is 2.80. The van der Waals surface area contributed by atoms with Gasteiger partial charge in [0.25, 0.3) is 0 Å². The maximum Gasteiger partial charge on any atom is 0.225 e. The van der Waals surface area contributed by atoms with Gasteiger partial charge in [0.2, 0.25) is 11.8 Å². The van der Waals surface area contributed by atoms with E-state index in [9.17, 15) is 0 Å². The third kappa shape index (κ3) is 6.38. The van der Waals surface area contributed by atoms with E-state index in [1.807, 2.05) is 27.7 Å². The zero-order chi connectivity index (χ0) is 14.3. The molecule has 0 spiro atoms. The summed E-state index contributed by atoms with van der Waals surface area (Å²) in [6, 6.07) is 0. The van der Waals surface area contributed by atoms with Crippen molar-refractivity contribution < 1.29 is 9.47 Å². The van der Waals surface area contributed by atoms with Gasteiger partial charge in [0.15, 0.2) is 0 Å². The summed E-state index contributed by atoms with van der Waals surface area (Å²) in [5, 5.41) is 3.14. The van der Waals surface area contributed by atoms with Gasteiger partial charge in [-0.1, -0.05) is 6.92 Å². The molecule has 5 nitrogen and oxygen atoms in total. The van der Waals surface area contributed by atoms with Crippen LogP contribution in [0.5, 0.6) is 5.88 Å². The van der Waals surface area contributed by atoms with Gasteiger partial charge in [-0.25, -0.2) is 4.98 Å². The maximum atomic E-state index is 5.64. The summed E-state index contributed by atoms with van der Waals surface area (Å²) in [7, 11) is 0. The fraction of sp³-hybridized carbons (Fsp3) is 0.714. The predicted molar refractivity (Wildman–Crippen MR) is 76.7 cm³/mol. The molecule has 0 saturated carbocycles. The largest absolute Gasteiger partial charge is 0.475 e. The van der Waals surface area contributed by atoms with Crippen molar-refractivity contribution in [3.63, 3.8) is 0 Å². The number of ether oxygens (including phenoxy) is 2. The van der Waals surface area contributed by atoms with Crippen molar-refractivity contribution in [2.45, 2.75) is 46.6 Å². The molecule has 0 bridgehead atoms. The molecule has 0 fully saturated rings. The zero-order valence-electron chi connectivity index (χ0n) is 12.6. The van der Waals surface area contributed by atoms with E-state index in [4.69, 9.17) is 9.47 Å². The Morgan fingerprint density at radius 1 is 1.26 bits per heavy atom. The first-order chi connectivity index (χ1) is 8.92. The molecule has 1 aromatic rings. The maximum absolute atomic E-state index is 5.64. The second-order valence-corrected chi connectivity index (χ2v) is 5.42. The smallest absolute Gasteiger partial charge is 0.225 e. The normalized spacial score (nSPS) is 11.4. The second-order valence-electron chi connectivity index (χ2n) is 5.42. The number of anilines is 1.